The van der Waals surface area contributed by atoms with Gasteiger partial charge in [0.1, 0.15) is 5.58 Å². The number of furan rings is 1. The zero-order chi connectivity index (χ0) is 20.7. The maximum Gasteiger partial charge on any atom is 0.343 e. The fraction of sp³-hybridized carbons (Fsp3) is 0.261. The SMILES string of the molecule is CC(=O)N1CCC(Cn2c(-c3ccc(-c4ccc5occc5c4)cc3)n[nH]c2=O)C1. The number of rotatable bonds is 4. The minimum absolute atomic E-state index is 0.0847. The van der Waals surface area contributed by atoms with E-state index in [1.807, 2.05) is 47.4 Å². The maximum atomic E-state index is 12.4. The van der Waals surface area contributed by atoms with E-state index in [0.717, 1.165) is 40.6 Å². The molecule has 5 rings (SSSR count). The first-order valence-corrected chi connectivity index (χ1v) is 10.1. The second-order valence-corrected chi connectivity index (χ2v) is 7.83. The van der Waals surface area contributed by atoms with Gasteiger partial charge in [-0.1, -0.05) is 30.3 Å². The van der Waals surface area contributed by atoms with Crippen LogP contribution < -0.4 is 5.69 Å². The molecule has 0 aliphatic carbocycles. The van der Waals surface area contributed by atoms with E-state index in [1.165, 1.54) is 0 Å². The minimum atomic E-state index is -0.222. The van der Waals surface area contributed by atoms with E-state index < -0.39 is 0 Å². The van der Waals surface area contributed by atoms with Crippen molar-refractivity contribution in [2.75, 3.05) is 13.1 Å². The number of aromatic amines is 1. The summed E-state index contributed by atoms with van der Waals surface area (Å²) in [6.45, 7) is 3.57. The second-order valence-electron chi connectivity index (χ2n) is 7.83. The molecule has 3 heterocycles. The number of hydrogen-bond acceptors (Lipinski definition) is 4. The number of carbonyl (C=O) groups excluding carboxylic acids is 1. The third kappa shape index (κ3) is 3.32. The van der Waals surface area contributed by atoms with Crippen LogP contribution in [0.3, 0.4) is 0 Å². The molecule has 30 heavy (non-hydrogen) atoms. The summed E-state index contributed by atoms with van der Waals surface area (Å²) >= 11 is 0. The quantitative estimate of drug-likeness (QED) is 0.566. The van der Waals surface area contributed by atoms with Crippen LogP contribution >= 0.6 is 0 Å². The van der Waals surface area contributed by atoms with Gasteiger partial charge in [-0.2, -0.15) is 5.10 Å². The fourth-order valence-electron chi connectivity index (χ4n) is 4.19. The molecule has 1 aliphatic rings. The zero-order valence-electron chi connectivity index (χ0n) is 16.7. The lowest BCUT2D eigenvalue weighted by Gasteiger charge is -2.14. The summed E-state index contributed by atoms with van der Waals surface area (Å²) < 4.78 is 7.09. The van der Waals surface area contributed by atoms with Crippen molar-refractivity contribution in [2.45, 2.75) is 19.9 Å². The molecular formula is C23H22N4O3. The Morgan fingerprint density at radius 2 is 1.90 bits per heavy atom. The van der Waals surface area contributed by atoms with E-state index in [-0.39, 0.29) is 17.5 Å². The van der Waals surface area contributed by atoms with Crippen LogP contribution in [0.4, 0.5) is 0 Å². The van der Waals surface area contributed by atoms with Gasteiger partial charge >= 0.3 is 5.69 Å². The normalized spacial score (nSPS) is 16.4. The van der Waals surface area contributed by atoms with E-state index in [1.54, 1.807) is 17.8 Å². The fourth-order valence-corrected chi connectivity index (χ4v) is 4.19. The number of fused-ring (bicyclic) bond motifs is 1. The van der Waals surface area contributed by atoms with Gasteiger partial charge in [0.15, 0.2) is 5.82 Å². The number of hydrogen-bond donors (Lipinski definition) is 1. The summed E-state index contributed by atoms with van der Waals surface area (Å²) in [5.41, 5.74) is 3.71. The summed E-state index contributed by atoms with van der Waals surface area (Å²) in [6.07, 6.45) is 2.58. The number of nitrogens with one attached hydrogen (secondary N) is 1. The summed E-state index contributed by atoms with van der Waals surface area (Å²) in [6, 6.07) is 16.1. The average Bonchev–Trinajstić information content (AvgIpc) is 3.49. The first-order chi connectivity index (χ1) is 14.6. The van der Waals surface area contributed by atoms with Crippen LogP contribution in [-0.2, 0) is 11.3 Å². The number of nitrogens with zero attached hydrogens (tertiary/aromatic N) is 3. The lowest BCUT2D eigenvalue weighted by Crippen LogP contribution is -2.28. The van der Waals surface area contributed by atoms with Gasteiger partial charge in [-0.3, -0.25) is 9.36 Å². The highest BCUT2D eigenvalue weighted by Gasteiger charge is 2.26. The van der Waals surface area contributed by atoms with Crippen LogP contribution in [-0.4, -0.2) is 38.7 Å². The summed E-state index contributed by atoms with van der Waals surface area (Å²) in [4.78, 5) is 25.8. The third-order valence-electron chi connectivity index (χ3n) is 5.86. The highest BCUT2D eigenvalue weighted by atomic mass is 16.3. The van der Waals surface area contributed by atoms with E-state index in [9.17, 15) is 9.59 Å². The Morgan fingerprint density at radius 1 is 1.13 bits per heavy atom. The van der Waals surface area contributed by atoms with E-state index >= 15 is 0 Å². The van der Waals surface area contributed by atoms with Crippen molar-refractivity contribution in [1.29, 1.82) is 0 Å². The third-order valence-corrected chi connectivity index (χ3v) is 5.86. The number of likely N-dealkylation sites (tertiary alicyclic amines) is 1. The van der Waals surface area contributed by atoms with Crippen molar-refractivity contribution < 1.29 is 9.21 Å². The molecule has 1 atom stereocenters. The molecular weight excluding hydrogens is 380 g/mol. The molecule has 1 N–H and O–H groups in total. The minimum Gasteiger partial charge on any atom is -0.464 e. The molecule has 1 unspecified atom stereocenters. The number of H-pyrrole nitrogens is 1. The summed E-state index contributed by atoms with van der Waals surface area (Å²) in [5, 5.41) is 7.89. The van der Waals surface area contributed by atoms with Crippen molar-refractivity contribution >= 4 is 16.9 Å². The molecule has 0 radical (unpaired) electrons. The van der Waals surface area contributed by atoms with Crippen LogP contribution in [0.2, 0.25) is 0 Å². The van der Waals surface area contributed by atoms with Crippen LogP contribution in [0.25, 0.3) is 33.5 Å². The van der Waals surface area contributed by atoms with Gasteiger partial charge in [0.05, 0.1) is 6.26 Å². The van der Waals surface area contributed by atoms with Crippen LogP contribution in [0.5, 0.6) is 0 Å². The monoisotopic (exact) mass is 402 g/mol. The van der Waals surface area contributed by atoms with E-state index in [2.05, 4.69) is 16.3 Å². The van der Waals surface area contributed by atoms with Crippen molar-refractivity contribution in [1.82, 2.24) is 19.7 Å². The smallest absolute Gasteiger partial charge is 0.343 e. The van der Waals surface area contributed by atoms with Crippen molar-refractivity contribution in [2.24, 2.45) is 5.92 Å². The van der Waals surface area contributed by atoms with Crippen LogP contribution in [0.15, 0.2) is 64.0 Å². The Balaban J connectivity index is 1.40. The predicted molar refractivity (Wildman–Crippen MR) is 114 cm³/mol. The summed E-state index contributed by atoms with van der Waals surface area (Å²) in [7, 11) is 0. The lowest BCUT2D eigenvalue weighted by molar-refractivity contribution is -0.127. The molecule has 7 nitrogen and oxygen atoms in total. The van der Waals surface area contributed by atoms with Crippen LogP contribution in [0, 0.1) is 5.92 Å². The molecule has 2 aromatic carbocycles. The number of benzene rings is 2. The predicted octanol–water partition coefficient (Wildman–Crippen LogP) is 3.52. The van der Waals surface area contributed by atoms with E-state index in [0.29, 0.717) is 18.9 Å². The molecule has 152 valence electrons. The van der Waals surface area contributed by atoms with E-state index in [4.69, 9.17) is 4.42 Å². The molecule has 0 bridgehead atoms. The first kappa shape index (κ1) is 18.4. The Bertz CT molecular complexity index is 1270. The number of carbonyl (C=O) groups is 1. The lowest BCUT2D eigenvalue weighted by atomic mass is 10.0. The van der Waals surface area contributed by atoms with Gasteiger partial charge in [-0.05, 0) is 41.7 Å². The largest absolute Gasteiger partial charge is 0.464 e. The Morgan fingerprint density at radius 3 is 2.67 bits per heavy atom. The maximum absolute atomic E-state index is 12.4. The average molecular weight is 402 g/mol. The topological polar surface area (TPSA) is 84.1 Å². The zero-order valence-corrected chi connectivity index (χ0v) is 16.7. The van der Waals surface area contributed by atoms with Crippen molar-refractivity contribution in [3.63, 3.8) is 0 Å². The van der Waals surface area contributed by atoms with Crippen LogP contribution in [0.1, 0.15) is 13.3 Å². The molecule has 1 amide bonds. The Hall–Kier alpha value is -3.61. The number of amides is 1. The molecule has 0 saturated carbocycles. The molecule has 1 saturated heterocycles. The number of aromatic nitrogens is 3. The first-order valence-electron chi connectivity index (χ1n) is 10.1. The van der Waals surface area contributed by atoms with Gasteiger partial charge in [0, 0.05) is 37.5 Å². The molecule has 4 aromatic rings. The highest BCUT2D eigenvalue weighted by Crippen LogP contribution is 2.27. The molecule has 7 heteroatoms. The molecule has 2 aromatic heterocycles. The van der Waals surface area contributed by atoms with Gasteiger partial charge in [0.2, 0.25) is 5.91 Å². The van der Waals surface area contributed by atoms with Gasteiger partial charge in [0.25, 0.3) is 0 Å². The second kappa shape index (κ2) is 7.33. The molecule has 1 fully saturated rings. The van der Waals surface area contributed by atoms with Crippen molar-refractivity contribution in [3.8, 4) is 22.5 Å². The molecule has 0 spiro atoms. The van der Waals surface area contributed by atoms with Crippen molar-refractivity contribution in [3.05, 3.63) is 65.3 Å². The van der Waals surface area contributed by atoms with Gasteiger partial charge in [-0.25, -0.2) is 9.89 Å². The highest BCUT2D eigenvalue weighted by molar-refractivity contribution is 5.83. The Kier molecular flexibility index (Phi) is 4.50. The standard InChI is InChI=1S/C23H22N4O3/c1-15(28)26-10-8-16(13-26)14-27-22(24-25-23(27)29)18-4-2-17(3-5-18)19-6-7-21-20(12-19)9-11-30-21/h2-7,9,11-12,16H,8,10,13-14H2,1H3,(H,25,29). The van der Waals surface area contributed by atoms with Gasteiger partial charge in [-0.15, -0.1) is 0 Å². The molecule has 1 aliphatic heterocycles. The summed E-state index contributed by atoms with van der Waals surface area (Å²) in [5.74, 6) is 0.962. The van der Waals surface area contributed by atoms with Gasteiger partial charge < -0.3 is 9.32 Å². The Labute approximate surface area is 172 Å².